The first kappa shape index (κ1) is 30.0. The van der Waals surface area contributed by atoms with Gasteiger partial charge in [0.1, 0.15) is 11.6 Å². The van der Waals surface area contributed by atoms with Crippen LogP contribution in [0.25, 0.3) is 0 Å². The summed E-state index contributed by atoms with van der Waals surface area (Å²) in [7, 11) is 0. The van der Waals surface area contributed by atoms with E-state index in [0.717, 1.165) is 25.2 Å². The lowest BCUT2D eigenvalue weighted by atomic mass is 9.73. The number of likely N-dealkylation sites (tertiary alicyclic amines) is 1. The van der Waals surface area contributed by atoms with Crippen LogP contribution >= 0.6 is 0 Å². The summed E-state index contributed by atoms with van der Waals surface area (Å²) in [5, 5.41) is 9.48. The average Bonchev–Trinajstić information content (AvgIpc) is 3.32. The molecule has 0 radical (unpaired) electrons. The first-order valence-electron chi connectivity index (χ1n) is 15.8. The van der Waals surface area contributed by atoms with Crippen molar-refractivity contribution in [3.63, 3.8) is 0 Å². The summed E-state index contributed by atoms with van der Waals surface area (Å²) in [4.78, 5) is 51.1. The molecule has 3 fully saturated rings. The molecule has 3 amide bonds. The van der Waals surface area contributed by atoms with Crippen LogP contribution in [0.1, 0.15) is 31.7 Å². The summed E-state index contributed by atoms with van der Waals surface area (Å²) in [6, 6.07) is 9.00. The summed E-state index contributed by atoms with van der Waals surface area (Å²) in [6.07, 6.45) is 9.43. The molecule has 1 unspecified atom stereocenters. The second-order valence-electron chi connectivity index (χ2n) is 12.3. The molecule has 5 aliphatic heterocycles. The zero-order chi connectivity index (χ0) is 30.0. The number of fused-ring (bicyclic) bond motifs is 2. The molecule has 1 aromatic rings. The second-order valence-corrected chi connectivity index (χ2v) is 12.3. The smallest absolute Gasteiger partial charge is 0.249 e. The van der Waals surface area contributed by atoms with Crippen molar-refractivity contribution in [1.29, 1.82) is 0 Å². The van der Waals surface area contributed by atoms with Crippen molar-refractivity contribution in [3.05, 3.63) is 60.2 Å². The van der Waals surface area contributed by atoms with E-state index in [0.29, 0.717) is 65.2 Å². The van der Waals surface area contributed by atoms with Crippen molar-refractivity contribution in [2.45, 2.75) is 50.0 Å². The molecule has 43 heavy (non-hydrogen) atoms. The van der Waals surface area contributed by atoms with Crippen LogP contribution in [0.5, 0.6) is 0 Å². The Morgan fingerprint density at radius 3 is 2.35 bits per heavy atom. The van der Waals surface area contributed by atoms with Gasteiger partial charge in [-0.25, -0.2) is 0 Å². The maximum absolute atomic E-state index is 14.5. The van der Waals surface area contributed by atoms with E-state index in [4.69, 9.17) is 9.47 Å². The molecule has 3 saturated heterocycles. The molecule has 6 rings (SSSR count). The molecule has 232 valence electrons. The van der Waals surface area contributed by atoms with Gasteiger partial charge in [0.15, 0.2) is 0 Å². The fourth-order valence-electron chi connectivity index (χ4n) is 7.73. The molecule has 0 bridgehead atoms. The van der Waals surface area contributed by atoms with Crippen molar-refractivity contribution in [2.24, 2.45) is 11.8 Å². The molecule has 0 saturated carbocycles. The topological polar surface area (TPSA) is 103 Å². The van der Waals surface area contributed by atoms with Crippen molar-refractivity contribution in [2.75, 3.05) is 65.6 Å². The van der Waals surface area contributed by atoms with E-state index in [2.05, 4.69) is 4.90 Å². The van der Waals surface area contributed by atoms with E-state index < -0.39 is 29.1 Å². The molecule has 10 heteroatoms. The van der Waals surface area contributed by atoms with Crippen molar-refractivity contribution in [1.82, 2.24) is 19.6 Å². The Kier molecular flexibility index (Phi) is 8.73. The molecular formula is C33H44N4O6. The fraction of sp³-hybridized carbons (Fsp3) is 0.606. The summed E-state index contributed by atoms with van der Waals surface area (Å²) in [5.41, 5.74) is -1.23. The van der Waals surface area contributed by atoms with Gasteiger partial charge >= 0.3 is 0 Å². The van der Waals surface area contributed by atoms with Gasteiger partial charge in [-0.1, -0.05) is 61.6 Å². The van der Waals surface area contributed by atoms with E-state index in [1.54, 1.807) is 4.90 Å². The normalized spacial score (nSPS) is 32.6. The quantitative estimate of drug-likeness (QED) is 0.324. The van der Waals surface area contributed by atoms with Crippen LogP contribution in [0.15, 0.2) is 54.6 Å². The monoisotopic (exact) mass is 592 g/mol. The number of nitrogens with zero attached hydrogens (tertiary/aromatic N) is 4. The van der Waals surface area contributed by atoms with Crippen LogP contribution < -0.4 is 0 Å². The highest BCUT2D eigenvalue weighted by molar-refractivity contribution is 6.00. The van der Waals surface area contributed by atoms with Gasteiger partial charge in [-0.3, -0.25) is 19.3 Å². The zero-order valence-corrected chi connectivity index (χ0v) is 25.1. The lowest BCUT2D eigenvalue weighted by Crippen LogP contribution is -2.57. The molecule has 10 nitrogen and oxygen atoms in total. The Labute approximate surface area is 253 Å². The number of amides is 3. The third-order valence-corrected chi connectivity index (χ3v) is 9.92. The van der Waals surface area contributed by atoms with E-state index in [1.165, 1.54) is 0 Å². The summed E-state index contributed by atoms with van der Waals surface area (Å²) < 4.78 is 12.5. The second kappa shape index (κ2) is 12.5. The Morgan fingerprint density at radius 1 is 0.860 bits per heavy atom. The fourth-order valence-corrected chi connectivity index (χ4v) is 7.73. The molecule has 1 spiro atoms. The standard InChI is InChI=1S/C33H44N4O6/c1-2-32-12-8-15-36(24-25-10-4-3-5-11-25)29(39)26(32)27-30(40)37(16-6-7-21-38)28-31(41)35(14-9-13-33(27,28)43-32)18-17-34-19-22-42-23-20-34/h3-5,8-13,26-28,38H,2,6-7,14-24H2,1H3/t26-,27+,28?,32+,33+/m1/s1. The third kappa shape index (κ3) is 5.32. The molecule has 5 aliphatic rings. The Balaban J connectivity index is 1.35. The first-order valence-corrected chi connectivity index (χ1v) is 15.8. The van der Waals surface area contributed by atoms with Gasteiger partial charge < -0.3 is 29.3 Å². The lowest BCUT2D eigenvalue weighted by molar-refractivity contribution is -0.154. The highest BCUT2D eigenvalue weighted by atomic mass is 16.5. The van der Waals surface area contributed by atoms with Crippen LogP contribution in [-0.2, 0) is 30.4 Å². The molecule has 5 heterocycles. The van der Waals surface area contributed by atoms with Crippen LogP contribution in [0.4, 0.5) is 0 Å². The molecule has 5 atom stereocenters. The number of ether oxygens (including phenoxy) is 2. The minimum atomic E-state index is -1.25. The van der Waals surface area contributed by atoms with Gasteiger partial charge in [0, 0.05) is 59.0 Å². The Hall–Kier alpha value is -3.05. The van der Waals surface area contributed by atoms with Crippen LogP contribution in [0.2, 0.25) is 0 Å². The largest absolute Gasteiger partial charge is 0.396 e. The number of unbranched alkanes of at least 4 members (excludes halogenated alkanes) is 1. The van der Waals surface area contributed by atoms with E-state index in [9.17, 15) is 19.5 Å². The zero-order valence-electron chi connectivity index (χ0n) is 25.1. The van der Waals surface area contributed by atoms with E-state index in [1.807, 2.05) is 71.4 Å². The maximum Gasteiger partial charge on any atom is 0.249 e. The predicted octanol–water partition coefficient (Wildman–Crippen LogP) is 1.45. The average molecular weight is 593 g/mol. The number of morpholine rings is 1. The number of aliphatic hydroxyl groups excluding tert-OH is 1. The summed E-state index contributed by atoms with van der Waals surface area (Å²) >= 11 is 0. The SMILES string of the molecule is CC[C@]12C=CCN(Cc3ccccc3)C(=O)[C@H]1[C@H]1C(=O)N(CCCCO)C3C(=O)N(CCN4CCOCC4)CC=C[C@@]31O2. The lowest BCUT2D eigenvalue weighted by Gasteiger charge is -2.39. The van der Waals surface area contributed by atoms with E-state index in [-0.39, 0.29) is 24.3 Å². The number of hydrogen-bond acceptors (Lipinski definition) is 7. The van der Waals surface area contributed by atoms with Crippen molar-refractivity contribution in [3.8, 4) is 0 Å². The Morgan fingerprint density at radius 2 is 1.60 bits per heavy atom. The van der Waals surface area contributed by atoms with Crippen molar-refractivity contribution < 1.29 is 29.0 Å². The Bertz CT molecular complexity index is 1250. The van der Waals surface area contributed by atoms with Crippen LogP contribution in [-0.4, -0.2) is 125 Å². The number of carbonyl (C=O) groups is 3. The number of hydrogen-bond donors (Lipinski definition) is 1. The summed E-state index contributed by atoms with van der Waals surface area (Å²) in [5.74, 6) is -2.04. The first-order chi connectivity index (χ1) is 20.9. The molecule has 1 N–H and O–H groups in total. The van der Waals surface area contributed by atoms with Gasteiger partial charge in [-0.15, -0.1) is 0 Å². The highest BCUT2D eigenvalue weighted by Gasteiger charge is 2.75. The third-order valence-electron chi connectivity index (χ3n) is 9.92. The molecular weight excluding hydrogens is 548 g/mol. The molecule has 1 aromatic carbocycles. The number of rotatable bonds is 10. The van der Waals surface area contributed by atoms with Gasteiger partial charge in [-0.2, -0.15) is 0 Å². The van der Waals surface area contributed by atoms with Gasteiger partial charge in [-0.05, 0) is 24.8 Å². The van der Waals surface area contributed by atoms with Crippen molar-refractivity contribution >= 4 is 17.7 Å². The highest BCUT2D eigenvalue weighted by Crippen LogP contribution is 2.58. The predicted molar refractivity (Wildman–Crippen MR) is 160 cm³/mol. The van der Waals surface area contributed by atoms with Crippen LogP contribution in [0, 0.1) is 11.8 Å². The van der Waals surface area contributed by atoms with Gasteiger partial charge in [0.25, 0.3) is 0 Å². The van der Waals surface area contributed by atoms with Gasteiger partial charge in [0.2, 0.25) is 17.7 Å². The van der Waals surface area contributed by atoms with E-state index >= 15 is 0 Å². The minimum absolute atomic E-state index is 0.0105. The minimum Gasteiger partial charge on any atom is -0.396 e. The number of aliphatic hydroxyl groups is 1. The van der Waals surface area contributed by atoms with Crippen LogP contribution in [0.3, 0.4) is 0 Å². The number of benzene rings is 1. The van der Waals surface area contributed by atoms with Gasteiger partial charge in [0.05, 0.1) is 30.7 Å². The summed E-state index contributed by atoms with van der Waals surface area (Å²) in [6.45, 7) is 7.90. The number of carbonyl (C=O) groups excluding carboxylic acids is 3. The molecule has 0 aliphatic carbocycles. The molecule has 0 aromatic heterocycles. The maximum atomic E-state index is 14.5.